The van der Waals surface area contributed by atoms with Crippen molar-refractivity contribution in [1.82, 2.24) is 4.90 Å². The van der Waals surface area contributed by atoms with E-state index in [1.807, 2.05) is 19.9 Å². The van der Waals surface area contributed by atoms with Crippen molar-refractivity contribution in [2.45, 2.75) is 70.3 Å². The third-order valence-electron chi connectivity index (χ3n) is 7.61. The van der Waals surface area contributed by atoms with Gasteiger partial charge < -0.3 is 19.3 Å². The molecule has 33 heavy (non-hydrogen) atoms. The van der Waals surface area contributed by atoms with Gasteiger partial charge in [0, 0.05) is 49.9 Å². The standard InChI is InChI=1S/C26H37NO6/c1-25(2,24(30)32-11-5-8-27-9-12-31-13-10-27)17-14-21(29)23-19-16-18(28)6-7-20(19)26(3,4)33-22(23)15-17/h14-15,19-20,29H,5-13,16H2,1-4H3/t19-,20-/m1/s1. The quantitative estimate of drug-likeness (QED) is 0.514. The van der Waals surface area contributed by atoms with Crippen molar-refractivity contribution in [2.75, 3.05) is 39.5 Å². The zero-order chi connectivity index (χ0) is 23.8. The number of phenols is 1. The van der Waals surface area contributed by atoms with Crippen LogP contribution in [0.5, 0.6) is 11.5 Å². The van der Waals surface area contributed by atoms with Gasteiger partial charge in [-0.15, -0.1) is 0 Å². The van der Waals surface area contributed by atoms with Crippen molar-refractivity contribution in [3.05, 3.63) is 23.3 Å². The summed E-state index contributed by atoms with van der Waals surface area (Å²) >= 11 is 0. The molecule has 1 N–H and O–H groups in total. The predicted octanol–water partition coefficient (Wildman–Crippen LogP) is 3.56. The number of carbonyl (C=O) groups excluding carboxylic acids is 2. The average Bonchev–Trinajstić information content (AvgIpc) is 2.76. The first-order chi connectivity index (χ1) is 15.6. The van der Waals surface area contributed by atoms with E-state index in [1.54, 1.807) is 19.9 Å². The molecule has 182 valence electrons. The van der Waals surface area contributed by atoms with Crippen LogP contribution in [0, 0.1) is 5.92 Å². The lowest BCUT2D eigenvalue weighted by atomic mass is 9.66. The molecule has 1 aromatic carbocycles. The summed E-state index contributed by atoms with van der Waals surface area (Å²) in [5.41, 5.74) is -0.0506. The molecule has 0 aromatic heterocycles. The number of morpholine rings is 1. The van der Waals surface area contributed by atoms with Crippen LogP contribution in [0.15, 0.2) is 12.1 Å². The van der Waals surface area contributed by atoms with Gasteiger partial charge in [0.15, 0.2) is 0 Å². The summed E-state index contributed by atoms with van der Waals surface area (Å²) in [5, 5.41) is 11.0. The third-order valence-corrected chi connectivity index (χ3v) is 7.61. The zero-order valence-corrected chi connectivity index (χ0v) is 20.3. The van der Waals surface area contributed by atoms with Crippen LogP contribution < -0.4 is 4.74 Å². The number of ether oxygens (including phenoxy) is 3. The minimum absolute atomic E-state index is 0.0608. The van der Waals surface area contributed by atoms with Crippen LogP contribution in [0.3, 0.4) is 0 Å². The summed E-state index contributed by atoms with van der Waals surface area (Å²) in [6.45, 7) is 12.3. The predicted molar refractivity (Wildman–Crippen MR) is 124 cm³/mol. The molecule has 2 heterocycles. The first-order valence-corrected chi connectivity index (χ1v) is 12.1. The van der Waals surface area contributed by atoms with E-state index in [2.05, 4.69) is 4.90 Å². The van der Waals surface area contributed by atoms with Crippen LogP contribution >= 0.6 is 0 Å². The van der Waals surface area contributed by atoms with Gasteiger partial charge >= 0.3 is 5.97 Å². The molecule has 2 fully saturated rings. The Hall–Kier alpha value is -2.12. The summed E-state index contributed by atoms with van der Waals surface area (Å²) in [6, 6.07) is 3.49. The van der Waals surface area contributed by atoms with Gasteiger partial charge in [0.05, 0.1) is 25.2 Å². The fourth-order valence-corrected chi connectivity index (χ4v) is 5.51. The van der Waals surface area contributed by atoms with Gasteiger partial charge in [-0.2, -0.15) is 0 Å². The van der Waals surface area contributed by atoms with E-state index in [4.69, 9.17) is 14.2 Å². The molecule has 3 aliphatic rings. The molecular weight excluding hydrogens is 422 g/mol. The second kappa shape index (κ2) is 9.26. The Morgan fingerprint density at radius 3 is 2.73 bits per heavy atom. The molecule has 0 unspecified atom stereocenters. The Kier molecular flexibility index (Phi) is 6.74. The highest BCUT2D eigenvalue weighted by Crippen LogP contribution is 2.54. The SMILES string of the molecule is CC(C)(C(=O)OCCCN1CCOCC1)c1cc(O)c2c(c1)OC(C)(C)[C@@H]1CCC(=O)C[C@@H]21. The summed E-state index contributed by atoms with van der Waals surface area (Å²) in [7, 11) is 0. The fourth-order valence-electron chi connectivity index (χ4n) is 5.51. The van der Waals surface area contributed by atoms with Crippen molar-refractivity contribution in [3.8, 4) is 11.5 Å². The number of phenolic OH excluding ortho intramolecular Hbond substituents is 1. The van der Waals surface area contributed by atoms with Gasteiger partial charge in [-0.3, -0.25) is 14.5 Å². The van der Waals surface area contributed by atoms with Crippen molar-refractivity contribution in [1.29, 1.82) is 0 Å². The Balaban J connectivity index is 1.47. The monoisotopic (exact) mass is 459 g/mol. The van der Waals surface area contributed by atoms with Crippen LogP contribution in [-0.2, 0) is 24.5 Å². The molecule has 7 heteroatoms. The number of rotatable bonds is 6. The highest BCUT2D eigenvalue weighted by molar-refractivity contribution is 5.83. The smallest absolute Gasteiger partial charge is 0.315 e. The first-order valence-electron chi connectivity index (χ1n) is 12.1. The molecule has 7 nitrogen and oxygen atoms in total. The number of carbonyl (C=O) groups is 2. The normalized spacial score (nSPS) is 25.0. The second-order valence-corrected chi connectivity index (χ2v) is 10.7. The van der Waals surface area contributed by atoms with Gasteiger partial charge in [-0.25, -0.2) is 0 Å². The van der Waals surface area contributed by atoms with Gasteiger partial charge in [-0.1, -0.05) is 0 Å². The Morgan fingerprint density at radius 1 is 1.27 bits per heavy atom. The summed E-state index contributed by atoms with van der Waals surface area (Å²) in [6.07, 6.45) is 2.52. The van der Waals surface area contributed by atoms with E-state index in [9.17, 15) is 14.7 Å². The Bertz CT molecular complexity index is 902. The Morgan fingerprint density at radius 2 is 2.00 bits per heavy atom. The highest BCUT2D eigenvalue weighted by Gasteiger charge is 2.48. The lowest BCUT2D eigenvalue weighted by Gasteiger charge is -2.47. The van der Waals surface area contributed by atoms with Crippen molar-refractivity contribution >= 4 is 11.8 Å². The molecule has 0 radical (unpaired) electrons. The van der Waals surface area contributed by atoms with Gasteiger partial charge in [0.25, 0.3) is 0 Å². The maximum absolute atomic E-state index is 13.0. The molecule has 0 bridgehead atoms. The first kappa shape index (κ1) is 24.0. The van der Waals surface area contributed by atoms with Crippen molar-refractivity contribution in [2.24, 2.45) is 5.92 Å². The molecular formula is C26H37NO6. The van der Waals surface area contributed by atoms with E-state index in [0.717, 1.165) is 45.7 Å². The van der Waals surface area contributed by atoms with E-state index in [-0.39, 0.29) is 29.3 Å². The third kappa shape index (κ3) is 4.90. The van der Waals surface area contributed by atoms with Gasteiger partial charge in [0.1, 0.15) is 22.9 Å². The number of esters is 1. The number of hydrogen-bond acceptors (Lipinski definition) is 7. The molecule has 0 spiro atoms. The van der Waals surface area contributed by atoms with Crippen LogP contribution in [0.1, 0.15) is 70.4 Å². The highest BCUT2D eigenvalue weighted by atomic mass is 16.5. The number of benzene rings is 1. The van der Waals surface area contributed by atoms with E-state index >= 15 is 0 Å². The number of Topliss-reactive ketones (excluding diaryl/α,β-unsaturated/α-hetero) is 1. The molecule has 1 saturated carbocycles. The molecule has 1 saturated heterocycles. The molecule has 1 aliphatic carbocycles. The molecule has 4 rings (SSSR count). The largest absolute Gasteiger partial charge is 0.508 e. The summed E-state index contributed by atoms with van der Waals surface area (Å²) < 4.78 is 17.3. The van der Waals surface area contributed by atoms with Crippen molar-refractivity contribution in [3.63, 3.8) is 0 Å². The molecule has 1 aromatic rings. The van der Waals surface area contributed by atoms with Crippen LogP contribution in [0.2, 0.25) is 0 Å². The summed E-state index contributed by atoms with van der Waals surface area (Å²) in [5.74, 6) is 0.669. The van der Waals surface area contributed by atoms with E-state index in [1.165, 1.54) is 0 Å². The topological polar surface area (TPSA) is 85.3 Å². The molecule has 2 aliphatic heterocycles. The number of hydrogen-bond donors (Lipinski definition) is 1. The second-order valence-electron chi connectivity index (χ2n) is 10.7. The lowest BCUT2D eigenvalue weighted by molar-refractivity contribution is -0.149. The molecule has 2 atom stereocenters. The minimum atomic E-state index is -0.946. The maximum atomic E-state index is 13.0. The van der Waals surface area contributed by atoms with Gasteiger partial charge in [-0.05, 0) is 58.2 Å². The number of aromatic hydroxyl groups is 1. The summed E-state index contributed by atoms with van der Waals surface area (Å²) in [4.78, 5) is 27.5. The zero-order valence-electron chi connectivity index (χ0n) is 20.3. The van der Waals surface area contributed by atoms with Crippen LogP contribution in [0.25, 0.3) is 0 Å². The lowest BCUT2D eigenvalue weighted by Crippen LogP contribution is -2.47. The van der Waals surface area contributed by atoms with Crippen LogP contribution in [0.4, 0.5) is 0 Å². The van der Waals surface area contributed by atoms with Crippen molar-refractivity contribution < 1.29 is 28.9 Å². The average molecular weight is 460 g/mol. The fraction of sp³-hybridized carbons (Fsp3) is 0.692. The number of nitrogens with zero attached hydrogens (tertiary/aromatic N) is 1. The Labute approximate surface area is 196 Å². The van der Waals surface area contributed by atoms with Crippen LogP contribution in [-0.4, -0.2) is 66.8 Å². The van der Waals surface area contributed by atoms with E-state index < -0.39 is 11.0 Å². The van der Waals surface area contributed by atoms with E-state index in [0.29, 0.717) is 36.3 Å². The van der Waals surface area contributed by atoms with Gasteiger partial charge in [0.2, 0.25) is 0 Å². The number of ketones is 1. The minimum Gasteiger partial charge on any atom is -0.508 e. The maximum Gasteiger partial charge on any atom is 0.315 e. The molecule has 0 amide bonds. The number of fused-ring (bicyclic) bond motifs is 3.